The molecule has 0 aliphatic carbocycles. The maximum Gasteiger partial charge on any atom is 0.416 e. The molecule has 0 radical (unpaired) electrons. The molecular weight excluding hydrogens is 323 g/mol. The van der Waals surface area contributed by atoms with Gasteiger partial charge in [-0.25, -0.2) is 0 Å². The second kappa shape index (κ2) is 6.11. The Morgan fingerprint density at radius 3 is 2.29 bits per heavy atom. The number of aliphatic carboxylic acids is 1. The van der Waals surface area contributed by atoms with E-state index in [1.807, 2.05) is 0 Å². The van der Waals surface area contributed by atoms with Crippen LogP contribution in [-0.4, -0.2) is 34.5 Å². The zero-order valence-corrected chi connectivity index (χ0v) is 13.7. The fraction of sp³-hybridized carbons (Fsp3) is 0.529. The van der Waals surface area contributed by atoms with Gasteiger partial charge in [-0.15, -0.1) is 0 Å². The fourth-order valence-corrected chi connectivity index (χ4v) is 3.12. The number of carbonyl (C=O) groups excluding carboxylic acids is 1. The summed E-state index contributed by atoms with van der Waals surface area (Å²) in [7, 11) is 0. The summed E-state index contributed by atoms with van der Waals surface area (Å²) in [5, 5.41) is 9.17. The van der Waals surface area contributed by atoms with Gasteiger partial charge in [0.1, 0.15) is 0 Å². The number of amides is 1. The summed E-state index contributed by atoms with van der Waals surface area (Å²) < 4.78 is 38.7. The lowest BCUT2D eigenvalue weighted by atomic mass is 9.82. The Balaban J connectivity index is 2.30. The normalized spacial score (nSPS) is 21.8. The van der Waals surface area contributed by atoms with Crippen LogP contribution in [-0.2, 0) is 21.2 Å². The topological polar surface area (TPSA) is 57.6 Å². The van der Waals surface area contributed by atoms with Crippen molar-refractivity contribution >= 4 is 11.9 Å². The highest BCUT2D eigenvalue weighted by Gasteiger charge is 2.44. The molecule has 7 heteroatoms. The SMILES string of the molecule is CC1C(C(=O)O)CCN1C(=O)C(C)(C)c1cccc(C(F)(F)F)c1. The second-order valence-corrected chi connectivity index (χ2v) is 6.68. The summed E-state index contributed by atoms with van der Waals surface area (Å²) >= 11 is 0. The van der Waals surface area contributed by atoms with E-state index in [-0.39, 0.29) is 11.5 Å². The monoisotopic (exact) mass is 343 g/mol. The molecule has 1 aliphatic rings. The van der Waals surface area contributed by atoms with Gasteiger partial charge >= 0.3 is 12.1 Å². The number of alkyl halides is 3. The molecule has 0 bridgehead atoms. The molecule has 1 aromatic rings. The molecule has 1 amide bonds. The molecule has 1 fully saturated rings. The predicted octanol–water partition coefficient (Wildman–Crippen LogP) is 3.30. The van der Waals surface area contributed by atoms with Crippen LogP contribution in [0.4, 0.5) is 13.2 Å². The summed E-state index contributed by atoms with van der Waals surface area (Å²) in [6.45, 7) is 5.07. The van der Waals surface area contributed by atoms with Crippen molar-refractivity contribution in [3.05, 3.63) is 35.4 Å². The van der Waals surface area contributed by atoms with E-state index in [0.717, 1.165) is 12.1 Å². The van der Waals surface area contributed by atoms with Crippen molar-refractivity contribution in [2.45, 2.75) is 44.8 Å². The van der Waals surface area contributed by atoms with Crippen molar-refractivity contribution in [3.8, 4) is 0 Å². The molecule has 0 spiro atoms. The maximum absolute atomic E-state index is 12.9. The molecule has 1 saturated heterocycles. The molecule has 4 nitrogen and oxygen atoms in total. The van der Waals surface area contributed by atoms with Gasteiger partial charge in [-0.3, -0.25) is 9.59 Å². The minimum Gasteiger partial charge on any atom is -0.481 e. The van der Waals surface area contributed by atoms with E-state index in [1.165, 1.54) is 17.0 Å². The van der Waals surface area contributed by atoms with Crippen LogP contribution < -0.4 is 0 Å². The molecule has 0 saturated carbocycles. The summed E-state index contributed by atoms with van der Waals surface area (Å²) in [5.41, 5.74) is -1.73. The van der Waals surface area contributed by atoms with Crippen molar-refractivity contribution in [1.82, 2.24) is 4.90 Å². The highest BCUT2D eigenvalue weighted by atomic mass is 19.4. The lowest BCUT2D eigenvalue weighted by Gasteiger charge is -2.33. The van der Waals surface area contributed by atoms with E-state index in [2.05, 4.69) is 0 Å². The second-order valence-electron chi connectivity index (χ2n) is 6.68. The number of benzene rings is 1. The van der Waals surface area contributed by atoms with Crippen LogP contribution in [0.15, 0.2) is 24.3 Å². The minimum atomic E-state index is -4.48. The first-order valence-electron chi connectivity index (χ1n) is 7.68. The Morgan fingerprint density at radius 2 is 1.79 bits per heavy atom. The van der Waals surface area contributed by atoms with Crippen LogP contribution >= 0.6 is 0 Å². The minimum absolute atomic E-state index is 0.258. The molecule has 2 rings (SSSR count). The van der Waals surface area contributed by atoms with E-state index in [1.54, 1.807) is 20.8 Å². The highest BCUT2D eigenvalue weighted by molar-refractivity contribution is 5.88. The van der Waals surface area contributed by atoms with Crippen molar-refractivity contribution in [1.29, 1.82) is 0 Å². The first-order chi connectivity index (χ1) is 11.0. The van der Waals surface area contributed by atoms with Crippen molar-refractivity contribution in [3.63, 3.8) is 0 Å². The summed E-state index contributed by atoms with van der Waals surface area (Å²) in [6, 6.07) is 4.22. The van der Waals surface area contributed by atoms with Crippen LogP contribution in [0.2, 0.25) is 0 Å². The number of carboxylic acid groups (broad SMARTS) is 1. The Bertz CT molecular complexity index is 655. The average molecular weight is 343 g/mol. The molecule has 1 heterocycles. The lowest BCUT2D eigenvalue weighted by Crippen LogP contribution is -2.46. The van der Waals surface area contributed by atoms with Gasteiger partial charge < -0.3 is 10.0 Å². The fourth-order valence-electron chi connectivity index (χ4n) is 3.12. The molecule has 2 atom stereocenters. The smallest absolute Gasteiger partial charge is 0.416 e. The molecule has 1 N–H and O–H groups in total. The van der Waals surface area contributed by atoms with Crippen LogP contribution in [0.3, 0.4) is 0 Å². The van der Waals surface area contributed by atoms with E-state index in [0.29, 0.717) is 13.0 Å². The van der Waals surface area contributed by atoms with Gasteiger partial charge in [0.15, 0.2) is 0 Å². The third-order valence-electron chi connectivity index (χ3n) is 4.78. The Kier molecular flexibility index (Phi) is 4.65. The zero-order chi connectivity index (χ0) is 18.3. The summed E-state index contributed by atoms with van der Waals surface area (Å²) in [4.78, 5) is 25.5. The van der Waals surface area contributed by atoms with Crippen LogP contribution in [0.1, 0.15) is 38.3 Å². The number of hydrogen-bond acceptors (Lipinski definition) is 2. The molecular formula is C17H20F3NO3. The number of halogens is 3. The van der Waals surface area contributed by atoms with Gasteiger partial charge in [0.05, 0.1) is 16.9 Å². The zero-order valence-electron chi connectivity index (χ0n) is 13.7. The van der Waals surface area contributed by atoms with Gasteiger partial charge in [-0.2, -0.15) is 13.2 Å². The van der Waals surface area contributed by atoms with Gasteiger partial charge in [0.2, 0.25) is 5.91 Å². The van der Waals surface area contributed by atoms with E-state index < -0.39 is 35.1 Å². The van der Waals surface area contributed by atoms with Crippen LogP contribution in [0.5, 0.6) is 0 Å². The third-order valence-corrected chi connectivity index (χ3v) is 4.78. The lowest BCUT2D eigenvalue weighted by molar-refractivity contribution is -0.144. The van der Waals surface area contributed by atoms with Gasteiger partial charge in [0.25, 0.3) is 0 Å². The quantitative estimate of drug-likeness (QED) is 0.916. The Morgan fingerprint density at radius 1 is 1.21 bits per heavy atom. The summed E-state index contributed by atoms with van der Waals surface area (Å²) in [6.07, 6.45) is -4.13. The number of rotatable bonds is 3. The number of likely N-dealkylation sites (tertiary alicyclic amines) is 1. The van der Waals surface area contributed by atoms with Gasteiger partial charge in [-0.1, -0.05) is 18.2 Å². The molecule has 132 valence electrons. The standard InChI is InChI=1S/C17H20F3NO3/c1-10-13(14(22)23)7-8-21(10)15(24)16(2,3)11-5-4-6-12(9-11)17(18,19)20/h4-6,9-10,13H,7-8H2,1-3H3,(H,22,23). The predicted molar refractivity (Wildman–Crippen MR) is 81.4 cm³/mol. The molecule has 24 heavy (non-hydrogen) atoms. The van der Waals surface area contributed by atoms with Crippen LogP contribution in [0, 0.1) is 5.92 Å². The van der Waals surface area contributed by atoms with E-state index >= 15 is 0 Å². The molecule has 0 aromatic heterocycles. The Labute approximate surface area is 138 Å². The van der Waals surface area contributed by atoms with Gasteiger partial charge in [0, 0.05) is 12.6 Å². The first-order valence-corrected chi connectivity index (χ1v) is 7.68. The number of carbonyl (C=O) groups is 2. The largest absolute Gasteiger partial charge is 0.481 e. The maximum atomic E-state index is 12.9. The average Bonchev–Trinajstić information content (AvgIpc) is 2.87. The first kappa shape index (κ1) is 18.3. The van der Waals surface area contributed by atoms with E-state index in [9.17, 15) is 22.8 Å². The molecule has 2 unspecified atom stereocenters. The van der Waals surface area contributed by atoms with Crippen LogP contribution in [0.25, 0.3) is 0 Å². The molecule has 1 aromatic carbocycles. The number of nitrogens with zero attached hydrogens (tertiary/aromatic N) is 1. The molecule has 1 aliphatic heterocycles. The highest BCUT2D eigenvalue weighted by Crippen LogP contribution is 2.35. The van der Waals surface area contributed by atoms with Gasteiger partial charge in [-0.05, 0) is 38.8 Å². The van der Waals surface area contributed by atoms with Crippen molar-refractivity contribution in [2.24, 2.45) is 5.92 Å². The van der Waals surface area contributed by atoms with Crippen molar-refractivity contribution < 1.29 is 27.9 Å². The van der Waals surface area contributed by atoms with E-state index in [4.69, 9.17) is 5.11 Å². The summed E-state index contributed by atoms with van der Waals surface area (Å²) in [5.74, 6) is -1.97. The number of hydrogen-bond donors (Lipinski definition) is 1. The third kappa shape index (κ3) is 3.25. The van der Waals surface area contributed by atoms with Crippen molar-refractivity contribution in [2.75, 3.05) is 6.54 Å². The Hall–Kier alpha value is -2.05. The number of carboxylic acids is 1.